The highest BCUT2D eigenvalue weighted by molar-refractivity contribution is 6.34. The molecule has 0 saturated carbocycles. The van der Waals surface area contributed by atoms with Crippen LogP contribution in [0.5, 0.6) is 0 Å². The molecule has 220 valence electrons. The first kappa shape index (κ1) is 28.6. The fraction of sp³-hybridized carbons (Fsp3) is 0.424. The highest BCUT2D eigenvalue weighted by Gasteiger charge is 2.75. The molecule has 3 amide bonds. The molecule has 0 bridgehead atoms. The number of nitrogens with zero attached hydrogens (tertiary/aromatic N) is 3. The zero-order valence-corrected chi connectivity index (χ0v) is 24.6. The number of carbonyl (C=O) groups is 3. The quantitative estimate of drug-likeness (QED) is 0.498. The molecule has 4 aliphatic heterocycles. The van der Waals surface area contributed by atoms with Crippen molar-refractivity contribution in [2.24, 2.45) is 11.8 Å². The van der Waals surface area contributed by atoms with Crippen molar-refractivity contribution in [3.8, 4) is 0 Å². The Morgan fingerprint density at radius 3 is 2.38 bits per heavy atom. The molecule has 2 aromatic carbocycles. The van der Waals surface area contributed by atoms with E-state index in [2.05, 4.69) is 0 Å². The largest absolute Gasteiger partial charge is 0.394 e. The Morgan fingerprint density at radius 2 is 1.67 bits per heavy atom. The number of ether oxygens (including phenoxy) is 1. The van der Waals surface area contributed by atoms with Crippen LogP contribution in [0, 0.1) is 11.8 Å². The van der Waals surface area contributed by atoms with Crippen molar-refractivity contribution in [1.82, 2.24) is 9.80 Å². The Balaban J connectivity index is 1.51. The minimum absolute atomic E-state index is 0.156. The van der Waals surface area contributed by atoms with Gasteiger partial charge in [-0.2, -0.15) is 0 Å². The second-order valence-electron chi connectivity index (χ2n) is 11.8. The van der Waals surface area contributed by atoms with Crippen LogP contribution in [0.2, 0.25) is 5.02 Å². The number of aliphatic hydroxyl groups is 1. The molecule has 0 aliphatic carbocycles. The van der Waals surface area contributed by atoms with E-state index in [-0.39, 0.29) is 30.9 Å². The van der Waals surface area contributed by atoms with Gasteiger partial charge in [-0.05, 0) is 37.5 Å². The zero-order chi connectivity index (χ0) is 29.6. The lowest BCUT2D eigenvalue weighted by Crippen LogP contribution is -2.59. The minimum Gasteiger partial charge on any atom is -0.394 e. The first-order valence-electron chi connectivity index (χ1n) is 14.6. The summed E-state index contributed by atoms with van der Waals surface area (Å²) in [6, 6.07) is 14.8. The summed E-state index contributed by atoms with van der Waals surface area (Å²) >= 11 is 6.57. The van der Waals surface area contributed by atoms with Gasteiger partial charge in [0.05, 0.1) is 40.8 Å². The summed E-state index contributed by atoms with van der Waals surface area (Å²) in [6.07, 6.45) is 8.57. The lowest BCUT2D eigenvalue weighted by Gasteiger charge is -2.40. The molecule has 4 aliphatic rings. The van der Waals surface area contributed by atoms with Crippen LogP contribution in [-0.2, 0) is 25.5 Å². The van der Waals surface area contributed by atoms with E-state index < -0.39 is 35.1 Å². The van der Waals surface area contributed by atoms with Gasteiger partial charge in [-0.15, -0.1) is 0 Å². The number of likely N-dealkylation sites (tertiary alicyclic amines) is 1. The van der Waals surface area contributed by atoms with Crippen molar-refractivity contribution in [1.29, 1.82) is 0 Å². The Morgan fingerprint density at radius 1 is 0.952 bits per heavy atom. The predicted molar refractivity (Wildman–Crippen MR) is 160 cm³/mol. The van der Waals surface area contributed by atoms with Crippen LogP contribution in [0.25, 0.3) is 0 Å². The molecule has 8 nitrogen and oxygen atoms in total. The van der Waals surface area contributed by atoms with E-state index in [0.29, 0.717) is 30.2 Å². The summed E-state index contributed by atoms with van der Waals surface area (Å²) in [5, 5.41) is 11.1. The number of aliphatic hydroxyl groups excluding tert-OH is 1. The van der Waals surface area contributed by atoms with E-state index >= 15 is 0 Å². The van der Waals surface area contributed by atoms with Gasteiger partial charge >= 0.3 is 0 Å². The van der Waals surface area contributed by atoms with E-state index in [1.54, 1.807) is 28.0 Å². The van der Waals surface area contributed by atoms with Crippen LogP contribution in [0.3, 0.4) is 0 Å². The Bertz CT molecular complexity index is 1450. The second kappa shape index (κ2) is 11.0. The first-order valence-corrected chi connectivity index (χ1v) is 15.0. The van der Waals surface area contributed by atoms with Gasteiger partial charge in [0.1, 0.15) is 11.6 Å². The normalized spacial score (nSPS) is 31.1. The second-order valence-corrected chi connectivity index (χ2v) is 12.2. The SMILES string of the molecule is CCCN1CC=C[C@]2(C)O[C@]34C=CCN(c5ccccc5Cl)C(=O)C3N([C@@H](CO)Cc3ccccc3)C(=O)[C@@H]4[C@@H]2C1=O. The van der Waals surface area contributed by atoms with Crippen molar-refractivity contribution in [3.63, 3.8) is 0 Å². The van der Waals surface area contributed by atoms with Crippen molar-refractivity contribution < 1.29 is 24.2 Å². The topological polar surface area (TPSA) is 90.4 Å². The number of rotatable bonds is 7. The van der Waals surface area contributed by atoms with Gasteiger partial charge in [0, 0.05) is 19.6 Å². The molecule has 4 heterocycles. The van der Waals surface area contributed by atoms with Crippen LogP contribution in [0.15, 0.2) is 78.9 Å². The molecule has 6 atom stereocenters. The van der Waals surface area contributed by atoms with Gasteiger partial charge in [0.2, 0.25) is 11.8 Å². The number of hydrogen-bond donors (Lipinski definition) is 1. The first-order chi connectivity index (χ1) is 20.3. The summed E-state index contributed by atoms with van der Waals surface area (Å²) in [5.74, 6) is -2.65. The molecular formula is C33H36ClN3O5. The van der Waals surface area contributed by atoms with E-state index in [1.165, 1.54) is 4.90 Å². The summed E-state index contributed by atoms with van der Waals surface area (Å²) in [7, 11) is 0. The fourth-order valence-corrected chi connectivity index (χ4v) is 7.64. The predicted octanol–water partition coefficient (Wildman–Crippen LogP) is 3.63. The smallest absolute Gasteiger partial charge is 0.253 e. The monoisotopic (exact) mass is 589 g/mol. The highest BCUT2D eigenvalue weighted by Crippen LogP contribution is 2.58. The standard InChI is InChI=1S/C33H36ClN3O5/c1-3-17-35-18-9-15-32(2)26(29(35)39)27-30(40)37(23(21-38)20-22-11-5-4-6-12-22)28-31(41)36(19-10-16-33(27,28)42-32)25-14-8-7-13-24(25)34/h4-16,23,26-28,38H,3,17-21H2,1-2H3/t23-,26-,27+,28?,32+,33+/m1/s1. The average Bonchev–Trinajstić information content (AvgIpc) is 3.26. The number of amides is 3. The van der Waals surface area contributed by atoms with Crippen LogP contribution in [0.4, 0.5) is 5.69 Å². The minimum atomic E-state index is -1.41. The third-order valence-electron chi connectivity index (χ3n) is 9.13. The van der Waals surface area contributed by atoms with E-state index in [4.69, 9.17) is 16.3 Å². The summed E-state index contributed by atoms with van der Waals surface area (Å²) in [6.45, 7) is 4.70. The lowest BCUT2D eigenvalue weighted by atomic mass is 9.74. The Kier molecular flexibility index (Phi) is 7.50. The van der Waals surface area contributed by atoms with Gasteiger partial charge in [-0.1, -0.05) is 85.3 Å². The van der Waals surface area contributed by atoms with Gasteiger partial charge in [-0.3, -0.25) is 14.4 Å². The summed E-state index contributed by atoms with van der Waals surface area (Å²) in [5.41, 5.74) is -1.07. The maximum atomic E-state index is 14.7. The Labute approximate surface area is 251 Å². The molecule has 2 fully saturated rings. The van der Waals surface area contributed by atoms with Crippen LogP contribution < -0.4 is 4.90 Å². The van der Waals surface area contributed by atoms with Gasteiger partial charge in [-0.25, -0.2) is 0 Å². The number of anilines is 1. The summed E-state index contributed by atoms with van der Waals surface area (Å²) in [4.78, 5) is 48.5. The zero-order valence-electron chi connectivity index (χ0n) is 23.9. The third-order valence-corrected chi connectivity index (χ3v) is 9.45. The molecule has 1 N–H and O–H groups in total. The third kappa shape index (κ3) is 4.39. The molecule has 42 heavy (non-hydrogen) atoms. The molecular weight excluding hydrogens is 554 g/mol. The van der Waals surface area contributed by atoms with Crippen molar-refractivity contribution >= 4 is 35.0 Å². The van der Waals surface area contributed by atoms with E-state index in [9.17, 15) is 19.5 Å². The molecule has 1 spiro atoms. The number of benzene rings is 2. The molecule has 1 unspecified atom stereocenters. The van der Waals surface area contributed by atoms with E-state index in [1.807, 2.05) is 74.5 Å². The van der Waals surface area contributed by atoms with Crippen LogP contribution in [-0.4, -0.2) is 82.2 Å². The number of hydrogen-bond acceptors (Lipinski definition) is 5. The van der Waals surface area contributed by atoms with Crippen molar-refractivity contribution in [2.45, 2.75) is 50.0 Å². The van der Waals surface area contributed by atoms with Gasteiger partial charge in [0.25, 0.3) is 5.91 Å². The molecule has 6 rings (SSSR count). The molecule has 0 aromatic heterocycles. The molecule has 0 radical (unpaired) electrons. The average molecular weight is 590 g/mol. The molecule has 9 heteroatoms. The van der Waals surface area contributed by atoms with Gasteiger partial charge < -0.3 is 24.5 Å². The maximum Gasteiger partial charge on any atom is 0.253 e. The van der Waals surface area contributed by atoms with Gasteiger partial charge in [0.15, 0.2) is 0 Å². The van der Waals surface area contributed by atoms with Crippen molar-refractivity contribution in [2.75, 3.05) is 31.1 Å². The van der Waals surface area contributed by atoms with Crippen molar-refractivity contribution in [3.05, 3.63) is 89.5 Å². The maximum absolute atomic E-state index is 14.7. The number of fused-ring (bicyclic) bond motifs is 2. The number of halogens is 1. The number of carbonyl (C=O) groups excluding carboxylic acids is 3. The van der Waals surface area contributed by atoms with Crippen LogP contribution in [0.1, 0.15) is 25.8 Å². The fourth-order valence-electron chi connectivity index (χ4n) is 7.40. The molecule has 2 aromatic rings. The Hall–Kier alpha value is -3.46. The number of para-hydroxylation sites is 1. The molecule has 2 saturated heterocycles. The lowest BCUT2D eigenvalue weighted by molar-refractivity contribution is -0.151. The summed E-state index contributed by atoms with van der Waals surface area (Å²) < 4.78 is 6.91. The van der Waals surface area contributed by atoms with Crippen LogP contribution >= 0.6 is 11.6 Å². The highest BCUT2D eigenvalue weighted by atomic mass is 35.5. The van der Waals surface area contributed by atoms with E-state index in [0.717, 1.165) is 12.0 Å².